The van der Waals surface area contributed by atoms with Gasteiger partial charge in [-0.25, -0.2) is 4.98 Å². The summed E-state index contributed by atoms with van der Waals surface area (Å²) in [4.78, 5) is 16.9. The average molecular weight is 369 g/mol. The predicted molar refractivity (Wildman–Crippen MR) is 92.3 cm³/mol. The zero-order chi connectivity index (χ0) is 15.6. The number of hydrogen-bond acceptors (Lipinski definition) is 5. The van der Waals surface area contributed by atoms with Crippen molar-refractivity contribution in [3.05, 3.63) is 32.6 Å². The number of nitrogens with one attached hydrogen (secondary N) is 2. The van der Waals surface area contributed by atoms with Crippen LogP contribution < -0.4 is 16.4 Å². The molecule has 0 saturated carbocycles. The maximum absolute atomic E-state index is 12.4. The molecule has 1 aromatic carbocycles. The molecular formula is C14H17BrN4OS. The van der Waals surface area contributed by atoms with Crippen molar-refractivity contribution >= 4 is 49.8 Å². The van der Waals surface area contributed by atoms with Crippen molar-refractivity contribution in [3.8, 4) is 0 Å². The Morgan fingerprint density at radius 1 is 1.43 bits per heavy atom. The zero-order valence-corrected chi connectivity index (χ0v) is 14.5. The molecule has 0 aliphatic rings. The summed E-state index contributed by atoms with van der Waals surface area (Å²) in [6, 6.07) is 3.98. The number of nitrogens with zero attached hydrogens (tertiary/aromatic N) is 1. The number of carbonyl (C=O) groups excluding carboxylic acids is 1. The van der Waals surface area contributed by atoms with Gasteiger partial charge >= 0.3 is 0 Å². The largest absolute Gasteiger partial charge is 0.382 e. The van der Waals surface area contributed by atoms with E-state index in [1.54, 1.807) is 0 Å². The molecular weight excluding hydrogens is 352 g/mol. The van der Waals surface area contributed by atoms with Gasteiger partial charge in [0.1, 0.15) is 10.7 Å². The minimum Gasteiger partial charge on any atom is -0.382 e. The summed E-state index contributed by atoms with van der Waals surface area (Å²) in [5, 5.41) is 6.60. The highest BCUT2D eigenvalue weighted by atomic mass is 79.9. The molecule has 0 bridgehead atoms. The summed E-state index contributed by atoms with van der Waals surface area (Å²) in [5.41, 5.74) is 8.69. The van der Waals surface area contributed by atoms with Gasteiger partial charge in [-0.15, -0.1) is 0 Å². The molecule has 0 unspecified atom stereocenters. The van der Waals surface area contributed by atoms with Gasteiger partial charge < -0.3 is 16.4 Å². The Bertz CT molecular complexity index is 661. The summed E-state index contributed by atoms with van der Waals surface area (Å²) in [5.74, 6) is -0.00357. The lowest BCUT2D eigenvalue weighted by Gasteiger charge is -2.11. The van der Waals surface area contributed by atoms with Crippen LogP contribution in [-0.2, 0) is 0 Å². The Hall–Kier alpha value is -1.60. The van der Waals surface area contributed by atoms with Crippen LogP contribution in [0.2, 0.25) is 0 Å². The van der Waals surface area contributed by atoms with E-state index in [1.807, 2.05) is 32.9 Å². The van der Waals surface area contributed by atoms with Crippen molar-refractivity contribution in [1.82, 2.24) is 4.98 Å². The molecule has 5 nitrogen and oxygen atoms in total. The fraction of sp³-hybridized carbons (Fsp3) is 0.286. The Balaban J connectivity index is 2.26. The topological polar surface area (TPSA) is 80.0 Å². The van der Waals surface area contributed by atoms with Crippen molar-refractivity contribution in [1.29, 1.82) is 0 Å². The first-order chi connectivity index (χ1) is 9.92. The van der Waals surface area contributed by atoms with Crippen molar-refractivity contribution in [2.45, 2.75) is 20.8 Å². The normalized spacial score (nSPS) is 10.5. The minimum absolute atomic E-state index is 0.245. The monoisotopic (exact) mass is 368 g/mol. The number of anilines is 3. The number of carbonyl (C=O) groups is 1. The quantitative estimate of drug-likeness (QED) is 0.766. The van der Waals surface area contributed by atoms with Gasteiger partial charge in [0.25, 0.3) is 5.91 Å². The number of halogens is 1. The van der Waals surface area contributed by atoms with E-state index in [0.717, 1.165) is 27.8 Å². The van der Waals surface area contributed by atoms with Crippen molar-refractivity contribution in [2.75, 3.05) is 22.9 Å². The van der Waals surface area contributed by atoms with Crippen molar-refractivity contribution in [3.63, 3.8) is 0 Å². The molecule has 0 aliphatic carbocycles. The van der Waals surface area contributed by atoms with Crippen LogP contribution in [0.25, 0.3) is 0 Å². The van der Waals surface area contributed by atoms with Crippen molar-refractivity contribution < 1.29 is 4.79 Å². The van der Waals surface area contributed by atoms with Crippen LogP contribution in [0.4, 0.5) is 16.6 Å². The molecule has 112 valence electrons. The standard InChI is InChI=1S/C14H17BrN4OS/c1-4-17-14-19-12(16)11(21-14)13(20)18-10-8(3)5-7(2)6-9(10)15/h5-6H,4,16H2,1-3H3,(H,17,19)(H,18,20). The van der Waals surface area contributed by atoms with Gasteiger partial charge in [0.2, 0.25) is 0 Å². The molecule has 7 heteroatoms. The van der Waals surface area contributed by atoms with E-state index < -0.39 is 0 Å². The first kappa shape index (κ1) is 15.8. The fourth-order valence-electron chi connectivity index (χ4n) is 1.97. The molecule has 0 saturated heterocycles. The molecule has 0 fully saturated rings. The molecule has 1 amide bonds. The van der Waals surface area contributed by atoms with Gasteiger partial charge in [0.15, 0.2) is 5.13 Å². The van der Waals surface area contributed by atoms with E-state index in [2.05, 4.69) is 31.5 Å². The Morgan fingerprint density at radius 2 is 2.14 bits per heavy atom. The molecule has 2 rings (SSSR count). The molecule has 1 heterocycles. The van der Waals surface area contributed by atoms with E-state index >= 15 is 0 Å². The molecule has 2 aromatic rings. The van der Waals surface area contributed by atoms with Gasteiger partial charge in [-0.1, -0.05) is 17.4 Å². The van der Waals surface area contributed by atoms with Gasteiger partial charge in [-0.05, 0) is 53.9 Å². The summed E-state index contributed by atoms with van der Waals surface area (Å²) < 4.78 is 0.850. The number of nitrogen functional groups attached to an aromatic ring is 1. The van der Waals surface area contributed by atoms with Crippen LogP contribution in [0.3, 0.4) is 0 Å². The second-order valence-electron chi connectivity index (χ2n) is 4.66. The predicted octanol–water partition coefficient (Wildman–Crippen LogP) is 3.79. The van der Waals surface area contributed by atoms with Crippen LogP contribution in [0, 0.1) is 13.8 Å². The third-order valence-corrected chi connectivity index (χ3v) is 4.51. The number of nitrogens with two attached hydrogens (primary N) is 1. The van der Waals surface area contributed by atoms with Crippen LogP contribution >= 0.6 is 27.3 Å². The van der Waals surface area contributed by atoms with Gasteiger partial charge in [0.05, 0.1) is 5.69 Å². The minimum atomic E-state index is -0.248. The number of aryl methyl sites for hydroxylation is 2. The molecule has 21 heavy (non-hydrogen) atoms. The number of rotatable bonds is 4. The van der Waals surface area contributed by atoms with Gasteiger partial charge in [-0.3, -0.25) is 4.79 Å². The fourth-order valence-corrected chi connectivity index (χ4v) is 3.59. The number of thiazole rings is 1. The highest BCUT2D eigenvalue weighted by Gasteiger charge is 2.18. The molecule has 4 N–H and O–H groups in total. The van der Waals surface area contributed by atoms with Crippen LogP contribution in [-0.4, -0.2) is 17.4 Å². The molecule has 0 radical (unpaired) electrons. The van der Waals surface area contributed by atoms with E-state index in [0.29, 0.717) is 10.0 Å². The third kappa shape index (κ3) is 3.54. The Labute approximate surface area is 136 Å². The summed E-state index contributed by atoms with van der Waals surface area (Å²) in [6.45, 7) is 6.65. The SMILES string of the molecule is CCNc1nc(N)c(C(=O)Nc2c(C)cc(C)cc2Br)s1. The number of hydrogen-bond donors (Lipinski definition) is 3. The summed E-state index contributed by atoms with van der Waals surface area (Å²) >= 11 is 4.73. The Kier molecular flexibility index (Phi) is 4.84. The van der Waals surface area contributed by atoms with E-state index in [4.69, 9.17) is 5.73 Å². The van der Waals surface area contributed by atoms with Crippen LogP contribution in [0.5, 0.6) is 0 Å². The molecule has 0 spiro atoms. The molecule has 0 aliphatic heterocycles. The van der Waals surface area contributed by atoms with E-state index in [-0.39, 0.29) is 11.7 Å². The van der Waals surface area contributed by atoms with Crippen molar-refractivity contribution in [2.24, 2.45) is 0 Å². The summed E-state index contributed by atoms with van der Waals surface area (Å²) in [7, 11) is 0. The van der Waals surface area contributed by atoms with Gasteiger partial charge in [-0.2, -0.15) is 0 Å². The smallest absolute Gasteiger partial charge is 0.269 e. The second kappa shape index (κ2) is 6.44. The number of benzene rings is 1. The first-order valence-corrected chi connectivity index (χ1v) is 8.11. The highest BCUT2D eigenvalue weighted by Crippen LogP contribution is 2.30. The van der Waals surface area contributed by atoms with Gasteiger partial charge in [0, 0.05) is 11.0 Å². The number of aromatic nitrogens is 1. The molecule has 1 aromatic heterocycles. The van der Waals surface area contributed by atoms with E-state index in [9.17, 15) is 4.79 Å². The highest BCUT2D eigenvalue weighted by molar-refractivity contribution is 9.10. The van der Waals surface area contributed by atoms with E-state index in [1.165, 1.54) is 11.3 Å². The maximum atomic E-state index is 12.4. The lowest BCUT2D eigenvalue weighted by atomic mass is 10.1. The third-order valence-electron chi connectivity index (χ3n) is 2.86. The van der Waals surface area contributed by atoms with Crippen LogP contribution in [0.15, 0.2) is 16.6 Å². The Morgan fingerprint density at radius 3 is 2.76 bits per heavy atom. The lowest BCUT2D eigenvalue weighted by molar-refractivity contribution is 0.103. The number of amides is 1. The maximum Gasteiger partial charge on any atom is 0.269 e. The molecule has 0 atom stereocenters. The lowest BCUT2D eigenvalue weighted by Crippen LogP contribution is -2.13. The first-order valence-electron chi connectivity index (χ1n) is 6.50. The van der Waals surface area contributed by atoms with Crippen LogP contribution in [0.1, 0.15) is 27.7 Å². The zero-order valence-electron chi connectivity index (χ0n) is 12.1. The second-order valence-corrected chi connectivity index (χ2v) is 6.51. The summed E-state index contributed by atoms with van der Waals surface area (Å²) in [6.07, 6.45) is 0. The average Bonchev–Trinajstić information content (AvgIpc) is 2.75.